The predicted molar refractivity (Wildman–Crippen MR) is 80.2 cm³/mol. The molecule has 0 bridgehead atoms. The van der Waals surface area contributed by atoms with E-state index in [-0.39, 0.29) is 0 Å². The third-order valence-corrected chi connectivity index (χ3v) is 4.71. The molecular weight excluding hydrogens is 232 g/mol. The molecule has 98 valence electrons. The van der Waals surface area contributed by atoms with Crippen LogP contribution in [0.25, 0.3) is 16.5 Å². The van der Waals surface area contributed by atoms with Crippen molar-refractivity contribution in [2.45, 2.75) is 26.4 Å². The molecule has 2 aliphatic heterocycles. The lowest BCUT2D eigenvalue weighted by atomic mass is 9.86. The lowest BCUT2D eigenvalue weighted by molar-refractivity contribution is 0.234. The van der Waals surface area contributed by atoms with Crippen molar-refractivity contribution >= 4 is 16.5 Å². The monoisotopic (exact) mass is 252 g/mol. The SMILES string of the molecule is Cc1cn2c3c(cccc13)C1=C[C@@H](C)CN(C)[C@H]1C2. The number of nitrogens with zero attached hydrogens (tertiary/aromatic N) is 2. The van der Waals surface area contributed by atoms with Crippen molar-refractivity contribution in [3.8, 4) is 0 Å². The van der Waals surface area contributed by atoms with Crippen molar-refractivity contribution in [2.75, 3.05) is 13.6 Å². The highest BCUT2D eigenvalue weighted by atomic mass is 15.2. The molecule has 2 atom stereocenters. The Kier molecular flexibility index (Phi) is 2.22. The molecule has 2 aliphatic rings. The van der Waals surface area contributed by atoms with Gasteiger partial charge in [0.05, 0.1) is 11.6 Å². The highest BCUT2D eigenvalue weighted by molar-refractivity contribution is 5.96. The summed E-state index contributed by atoms with van der Waals surface area (Å²) in [5, 5.41) is 1.41. The number of fused-ring (bicyclic) bond motifs is 2. The molecule has 0 radical (unpaired) electrons. The molecule has 0 aliphatic carbocycles. The molecule has 0 saturated carbocycles. The number of rotatable bonds is 0. The summed E-state index contributed by atoms with van der Waals surface area (Å²) in [4.78, 5) is 2.51. The Morgan fingerprint density at radius 1 is 1.21 bits per heavy atom. The van der Waals surface area contributed by atoms with Crippen LogP contribution in [0, 0.1) is 12.8 Å². The molecule has 1 aromatic heterocycles. The number of para-hydroxylation sites is 1. The van der Waals surface area contributed by atoms with Gasteiger partial charge in [0.15, 0.2) is 0 Å². The van der Waals surface area contributed by atoms with Gasteiger partial charge in [0, 0.05) is 30.2 Å². The van der Waals surface area contributed by atoms with Crippen LogP contribution in [-0.2, 0) is 6.54 Å². The molecule has 2 nitrogen and oxygen atoms in total. The molecule has 0 fully saturated rings. The van der Waals surface area contributed by atoms with Crippen molar-refractivity contribution in [1.82, 2.24) is 9.47 Å². The largest absolute Gasteiger partial charge is 0.345 e. The normalized spacial score (nSPS) is 26.4. The Balaban J connectivity index is 2.04. The smallest absolute Gasteiger partial charge is 0.0560 e. The first kappa shape index (κ1) is 11.3. The summed E-state index contributed by atoms with van der Waals surface area (Å²) < 4.78 is 2.45. The van der Waals surface area contributed by atoms with Gasteiger partial charge in [-0.15, -0.1) is 0 Å². The minimum atomic E-state index is 0.543. The van der Waals surface area contributed by atoms with Crippen LogP contribution in [0.3, 0.4) is 0 Å². The summed E-state index contributed by atoms with van der Waals surface area (Å²) in [7, 11) is 2.26. The summed E-state index contributed by atoms with van der Waals surface area (Å²) in [5.74, 6) is 0.647. The second-order valence-electron chi connectivity index (χ2n) is 6.22. The van der Waals surface area contributed by atoms with Gasteiger partial charge in [0.2, 0.25) is 0 Å². The van der Waals surface area contributed by atoms with Gasteiger partial charge >= 0.3 is 0 Å². The summed E-state index contributed by atoms with van der Waals surface area (Å²) in [5.41, 5.74) is 5.81. The van der Waals surface area contributed by atoms with Gasteiger partial charge in [-0.3, -0.25) is 4.90 Å². The maximum Gasteiger partial charge on any atom is 0.0560 e. The van der Waals surface area contributed by atoms with Crippen LogP contribution >= 0.6 is 0 Å². The average Bonchev–Trinajstić information content (AvgIpc) is 2.70. The molecular formula is C17H20N2. The number of hydrogen-bond donors (Lipinski definition) is 0. The van der Waals surface area contributed by atoms with Gasteiger partial charge < -0.3 is 4.57 Å². The fourth-order valence-electron chi connectivity index (χ4n) is 3.90. The summed E-state index contributed by atoms with van der Waals surface area (Å²) in [6.07, 6.45) is 4.81. The maximum absolute atomic E-state index is 2.51. The van der Waals surface area contributed by atoms with E-state index in [2.05, 4.69) is 60.8 Å². The second-order valence-corrected chi connectivity index (χ2v) is 6.22. The van der Waals surface area contributed by atoms with E-state index in [4.69, 9.17) is 0 Å². The summed E-state index contributed by atoms with van der Waals surface area (Å²) >= 11 is 0. The molecule has 0 N–H and O–H groups in total. The van der Waals surface area contributed by atoms with Crippen LogP contribution in [0.4, 0.5) is 0 Å². The maximum atomic E-state index is 2.51. The fraction of sp³-hybridized carbons (Fsp3) is 0.412. The van der Waals surface area contributed by atoms with E-state index in [1.165, 1.54) is 34.1 Å². The van der Waals surface area contributed by atoms with Crippen LogP contribution in [0.1, 0.15) is 18.1 Å². The first-order chi connectivity index (χ1) is 9.15. The Hall–Kier alpha value is -1.54. The van der Waals surface area contributed by atoms with E-state index >= 15 is 0 Å². The summed E-state index contributed by atoms with van der Waals surface area (Å²) in [6, 6.07) is 7.29. The molecule has 0 spiro atoms. The molecule has 2 aromatic rings. The van der Waals surface area contributed by atoms with Gasteiger partial charge in [-0.05, 0) is 31.0 Å². The van der Waals surface area contributed by atoms with Crippen LogP contribution < -0.4 is 0 Å². The zero-order valence-electron chi connectivity index (χ0n) is 11.9. The molecule has 2 heteroatoms. The minimum absolute atomic E-state index is 0.543. The molecule has 0 amide bonds. The molecule has 0 unspecified atom stereocenters. The number of aryl methyl sites for hydroxylation is 1. The van der Waals surface area contributed by atoms with Gasteiger partial charge in [-0.1, -0.05) is 31.2 Å². The Labute approximate surface area is 114 Å². The van der Waals surface area contributed by atoms with E-state index < -0.39 is 0 Å². The van der Waals surface area contributed by atoms with Gasteiger partial charge in [-0.2, -0.15) is 0 Å². The first-order valence-electron chi connectivity index (χ1n) is 7.16. The Bertz CT molecular complexity index is 693. The number of benzene rings is 1. The summed E-state index contributed by atoms with van der Waals surface area (Å²) in [6.45, 7) is 6.80. The highest BCUT2D eigenvalue weighted by Crippen LogP contribution is 2.39. The number of hydrogen-bond acceptors (Lipinski definition) is 1. The zero-order valence-corrected chi connectivity index (χ0v) is 11.9. The lowest BCUT2D eigenvalue weighted by Crippen LogP contribution is -2.43. The van der Waals surface area contributed by atoms with Gasteiger partial charge in [0.1, 0.15) is 0 Å². The first-order valence-corrected chi connectivity index (χ1v) is 7.16. The van der Waals surface area contributed by atoms with E-state index in [9.17, 15) is 0 Å². The molecule has 4 rings (SSSR count). The van der Waals surface area contributed by atoms with Crippen molar-refractivity contribution in [3.05, 3.63) is 41.6 Å². The van der Waals surface area contributed by atoms with E-state index in [1.807, 2.05) is 0 Å². The van der Waals surface area contributed by atoms with Crippen molar-refractivity contribution in [2.24, 2.45) is 5.92 Å². The van der Waals surface area contributed by atoms with Crippen LogP contribution in [0.5, 0.6) is 0 Å². The average molecular weight is 252 g/mol. The fourth-order valence-corrected chi connectivity index (χ4v) is 3.90. The van der Waals surface area contributed by atoms with E-state index in [1.54, 1.807) is 0 Å². The third-order valence-electron chi connectivity index (χ3n) is 4.71. The van der Waals surface area contributed by atoms with E-state index in [0.717, 1.165) is 6.54 Å². The molecule has 0 saturated heterocycles. The lowest BCUT2D eigenvalue weighted by Gasteiger charge is -2.39. The minimum Gasteiger partial charge on any atom is -0.345 e. The topological polar surface area (TPSA) is 8.17 Å². The van der Waals surface area contributed by atoms with Crippen LogP contribution in [-0.4, -0.2) is 29.1 Å². The molecule has 1 aromatic carbocycles. The van der Waals surface area contributed by atoms with Gasteiger partial charge in [-0.25, -0.2) is 0 Å². The number of likely N-dealkylation sites (N-methyl/N-ethyl adjacent to an activating group) is 1. The van der Waals surface area contributed by atoms with Crippen molar-refractivity contribution < 1.29 is 0 Å². The number of aromatic nitrogens is 1. The predicted octanol–water partition coefficient (Wildman–Crippen LogP) is 3.30. The standard InChI is InChI=1S/C17H20N2/c1-11-7-15-14-6-4-5-13-12(2)9-19(17(13)14)10-16(15)18(3)8-11/h4-7,9,11,16H,8,10H2,1-3H3/t11-,16+/m1/s1. The zero-order chi connectivity index (χ0) is 13.1. The van der Waals surface area contributed by atoms with Gasteiger partial charge in [0.25, 0.3) is 0 Å². The van der Waals surface area contributed by atoms with E-state index in [0.29, 0.717) is 12.0 Å². The Morgan fingerprint density at radius 3 is 2.89 bits per heavy atom. The van der Waals surface area contributed by atoms with Crippen molar-refractivity contribution in [1.29, 1.82) is 0 Å². The quantitative estimate of drug-likeness (QED) is 0.698. The second kappa shape index (κ2) is 3.73. The highest BCUT2D eigenvalue weighted by Gasteiger charge is 2.32. The van der Waals surface area contributed by atoms with Crippen LogP contribution in [0.2, 0.25) is 0 Å². The molecule has 19 heavy (non-hydrogen) atoms. The Morgan fingerprint density at radius 2 is 2.05 bits per heavy atom. The third kappa shape index (κ3) is 1.47. The van der Waals surface area contributed by atoms with Crippen LogP contribution in [0.15, 0.2) is 30.5 Å². The van der Waals surface area contributed by atoms with Crippen molar-refractivity contribution in [3.63, 3.8) is 0 Å². The molecule has 3 heterocycles.